The number of aromatic amines is 1. The van der Waals surface area contributed by atoms with E-state index in [-0.39, 0.29) is 11.8 Å². The number of hydrogen-bond donors (Lipinski definition) is 2. The number of amides is 2. The standard InChI is InChI=1S/C19H18N4O2/c1-12(23-11-13-6-2-3-7-14(13)19(23)25)18(24)20-10-17-21-15-8-4-5-9-16(15)22-17/h2-9,12H,10-11H2,1H3,(H,20,24)(H,21,22)/t12-/m1/s1. The Kier molecular flexibility index (Phi) is 3.72. The Labute approximate surface area is 144 Å². The molecule has 1 aliphatic heterocycles. The fourth-order valence-corrected chi connectivity index (χ4v) is 3.14. The maximum absolute atomic E-state index is 12.5. The van der Waals surface area contributed by atoms with E-state index < -0.39 is 6.04 Å². The Bertz CT molecular complexity index is 930. The summed E-state index contributed by atoms with van der Waals surface area (Å²) in [7, 11) is 0. The minimum Gasteiger partial charge on any atom is -0.347 e. The van der Waals surface area contributed by atoms with Crippen LogP contribution in [0, 0.1) is 0 Å². The second-order valence-electron chi connectivity index (χ2n) is 6.18. The van der Waals surface area contributed by atoms with Gasteiger partial charge in [0.2, 0.25) is 5.91 Å². The van der Waals surface area contributed by atoms with Gasteiger partial charge in [-0.2, -0.15) is 0 Å². The summed E-state index contributed by atoms with van der Waals surface area (Å²) in [5.74, 6) is 0.404. The van der Waals surface area contributed by atoms with Crippen molar-refractivity contribution < 1.29 is 9.59 Å². The first-order valence-corrected chi connectivity index (χ1v) is 8.23. The van der Waals surface area contributed by atoms with Crippen LogP contribution < -0.4 is 5.32 Å². The monoisotopic (exact) mass is 334 g/mol. The summed E-state index contributed by atoms with van der Waals surface area (Å²) >= 11 is 0. The van der Waals surface area contributed by atoms with Gasteiger partial charge in [0, 0.05) is 12.1 Å². The van der Waals surface area contributed by atoms with Crippen molar-refractivity contribution in [1.29, 1.82) is 0 Å². The molecule has 1 aliphatic rings. The van der Waals surface area contributed by atoms with Crippen LogP contribution in [0.4, 0.5) is 0 Å². The van der Waals surface area contributed by atoms with Gasteiger partial charge in [0.05, 0.1) is 17.6 Å². The molecule has 2 heterocycles. The number of fused-ring (bicyclic) bond motifs is 2. The molecule has 1 atom stereocenters. The lowest BCUT2D eigenvalue weighted by Crippen LogP contribution is -2.45. The zero-order valence-electron chi connectivity index (χ0n) is 13.8. The molecule has 25 heavy (non-hydrogen) atoms. The molecule has 2 aromatic carbocycles. The van der Waals surface area contributed by atoms with Gasteiger partial charge in [-0.3, -0.25) is 9.59 Å². The highest BCUT2D eigenvalue weighted by Gasteiger charge is 2.33. The molecule has 1 aromatic heterocycles. The summed E-state index contributed by atoms with van der Waals surface area (Å²) in [6.07, 6.45) is 0. The average molecular weight is 334 g/mol. The van der Waals surface area contributed by atoms with Crippen molar-refractivity contribution in [3.8, 4) is 0 Å². The third-order valence-electron chi connectivity index (χ3n) is 4.56. The van der Waals surface area contributed by atoms with Crippen LogP contribution in [-0.2, 0) is 17.9 Å². The van der Waals surface area contributed by atoms with Gasteiger partial charge in [-0.15, -0.1) is 0 Å². The second kappa shape index (κ2) is 6.05. The number of para-hydroxylation sites is 2. The van der Waals surface area contributed by atoms with Crippen molar-refractivity contribution in [1.82, 2.24) is 20.2 Å². The number of H-pyrrole nitrogens is 1. The smallest absolute Gasteiger partial charge is 0.255 e. The molecule has 2 amide bonds. The number of aromatic nitrogens is 2. The van der Waals surface area contributed by atoms with Gasteiger partial charge in [-0.25, -0.2) is 4.98 Å². The average Bonchev–Trinajstić information content (AvgIpc) is 3.20. The number of benzene rings is 2. The SMILES string of the molecule is C[C@H](C(=O)NCc1nc2ccccc2[nH]1)N1Cc2ccccc2C1=O. The van der Waals surface area contributed by atoms with Crippen LogP contribution in [0.1, 0.15) is 28.7 Å². The summed E-state index contributed by atoms with van der Waals surface area (Å²) in [5.41, 5.74) is 3.44. The minimum absolute atomic E-state index is 0.0954. The van der Waals surface area contributed by atoms with Gasteiger partial charge >= 0.3 is 0 Å². The van der Waals surface area contributed by atoms with Crippen LogP contribution in [0.2, 0.25) is 0 Å². The molecule has 6 nitrogen and oxygen atoms in total. The molecular formula is C19H18N4O2. The van der Waals surface area contributed by atoms with E-state index in [4.69, 9.17) is 0 Å². The molecule has 0 spiro atoms. The largest absolute Gasteiger partial charge is 0.347 e. The quantitative estimate of drug-likeness (QED) is 0.768. The molecule has 4 rings (SSSR count). The summed E-state index contributed by atoms with van der Waals surface area (Å²) in [6.45, 7) is 2.51. The Morgan fingerprint density at radius 1 is 1.24 bits per heavy atom. The molecule has 0 fully saturated rings. The maximum Gasteiger partial charge on any atom is 0.255 e. The van der Waals surface area contributed by atoms with Crippen LogP contribution in [0.25, 0.3) is 11.0 Å². The van der Waals surface area contributed by atoms with E-state index in [1.165, 1.54) is 0 Å². The normalized spacial score (nSPS) is 14.6. The summed E-state index contributed by atoms with van der Waals surface area (Å²) in [6, 6.07) is 14.6. The van der Waals surface area contributed by atoms with E-state index in [9.17, 15) is 9.59 Å². The molecule has 3 aromatic rings. The Balaban J connectivity index is 1.42. The van der Waals surface area contributed by atoms with Gasteiger partial charge in [0.15, 0.2) is 0 Å². The number of carbonyl (C=O) groups is 2. The molecule has 2 N–H and O–H groups in total. The lowest BCUT2D eigenvalue weighted by molar-refractivity contribution is -0.125. The highest BCUT2D eigenvalue weighted by Crippen LogP contribution is 2.24. The number of carbonyl (C=O) groups excluding carboxylic acids is 2. The lowest BCUT2D eigenvalue weighted by Gasteiger charge is -2.23. The van der Waals surface area contributed by atoms with Crippen LogP contribution >= 0.6 is 0 Å². The number of rotatable bonds is 4. The third kappa shape index (κ3) is 2.76. The molecule has 0 bridgehead atoms. The fourth-order valence-electron chi connectivity index (χ4n) is 3.14. The lowest BCUT2D eigenvalue weighted by atomic mass is 10.1. The highest BCUT2D eigenvalue weighted by molar-refractivity contribution is 6.01. The van der Waals surface area contributed by atoms with E-state index >= 15 is 0 Å². The fraction of sp³-hybridized carbons (Fsp3) is 0.211. The van der Waals surface area contributed by atoms with Crippen LogP contribution in [0.15, 0.2) is 48.5 Å². The molecule has 0 saturated heterocycles. The number of imidazole rings is 1. The molecule has 0 aliphatic carbocycles. The predicted molar refractivity (Wildman–Crippen MR) is 93.7 cm³/mol. The van der Waals surface area contributed by atoms with Crippen LogP contribution in [-0.4, -0.2) is 32.7 Å². The highest BCUT2D eigenvalue weighted by atomic mass is 16.2. The molecule has 6 heteroatoms. The van der Waals surface area contributed by atoms with Crippen molar-refractivity contribution in [2.45, 2.75) is 26.1 Å². The molecule has 0 radical (unpaired) electrons. The first-order valence-electron chi connectivity index (χ1n) is 8.23. The van der Waals surface area contributed by atoms with Crippen molar-refractivity contribution in [2.24, 2.45) is 0 Å². The second-order valence-corrected chi connectivity index (χ2v) is 6.18. The summed E-state index contributed by atoms with van der Waals surface area (Å²) < 4.78 is 0. The maximum atomic E-state index is 12.5. The number of nitrogens with zero attached hydrogens (tertiary/aromatic N) is 2. The van der Waals surface area contributed by atoms with Crippen LogP contribution in [0.5, 0.6) is 0 Å². The van der Waals surface area contributed by atoms with E-state index in [0.717, 1.165) is 16.6 Å². The molecule has 126 valence electrons. The van der Waals surface area contributed by atoms with Gasteiger partial charge in [0.1, 0.15) is 11.9 Å². The van der Waals surface area contributed by atoms with Crippen molar-refractivity contribution in [3.63, 3.8) is 0 Å². The van der Waals surface area contributed by atoms with E-state index in [0.29, 0.717) is 24.5 Å². The van der Waals surface area contributed by atoms with Crippen LogP contribution in [0.3, 0.4) is 0 Å². The van der Waals surface area contributed by atoms with E-state index in [1.54, 1.807) is 17.9 Å². The predicted octanol–water partition coefficient (Wildman–Crippen LogP) is 2.22. The molecule has 0 saturated carbocycles. The molecule has 0 unspecified atom stereocenters. The summed E-state index contributed by atoms with van der Waals surface area (Å²) in [5, 5.41) is 2.86. The number of nitrogens with one attached hydrogen (secondary N) is 2. The van der Waals surface area contributed by atoms with Gasteiger partial charge in [-0.1, -0.05) is 30.3 Å². The van der Waals surface area contributed by atoms with Crippen molar-refractivity contribution >= 4 is 22.8 Å². The Hall–Kier alpha value is -3.15. The van der Waals surface area contributed by atoms with Gasteiger partial charge in [-0.05, 0) is 30.7 Å². The zero-order valence-corrected chi connectivity index (χ0v) is 13.8. The molecular weight excluding hydrogens is 316 g/mol. The van der Waals surface area contributed by atoms with Gasteiger partial charge < -0.3 is 15.2 Å². The first-order chi connectivity index (χ1) is 12.1. The van der Waals surface area contributed by atoms with Crippen molar-refractivity contribution in [2.75, 3.05) is 0 Å². The first kappa shape index (κ1) is 15.4. The Morgan fingerprint density at radius 3 is 2.80 bits per heavy atom. The Morgan fingerprint density at radius 2 is 2.00 bits per heavy atom. The van der Waals surface area contributed by atoms with E-state index in [2.05, 4.69) is 15.3 Å². The minimum atomic E-state index is -0.538. The van der Waals surface area contributed by atoms with Gasteiger partial charge in [0.25, 0.3) is 5.91 Å². The zero-order chi connectivity index (χ0) is 17.4. The van der Waals surface area contributed by atoms with E-state index in [1.807, 2.05) is 42.5 Å². The number of hydrogen-bond acceptors (Lipinski definition) is 3. The topological polar surface area (TPSA) is 78.1 Å². The van der Waals surface area contributed by atoms with Crippen molar-refractivity contribution in [3.05, 3.63) is 65.5 Å². The summed E-state index contributed by atoms with van der Waals surface area (Å²) in [4.78, 5) is 34.1. The third-order valence-corrected chi connectivity index (χ3v) is 4.56.